The molecule has 4 N–H and O–H groups in total. The number of anilines is 1. The van der Waals surface area contributed by atoms with E-state index in [1.165, 1.54) is 48.5 Å². The largest absolute Gasteiger partial charge is 0.416 e. The van der Waals surface area contributed by atoms with Crippen molar-refractivity contribution in [3.63, 3.8) is 0 Å². The number of hydrogen-bond donors (Lipinski definition) is 3. The van der Waals surface area contributed by atoms with Crippen LogP contribution in [0.1, 0.15) is 10.4 Å². The average molecular weight is 337 g/mol. The molecule has 0 saturated heterocycles. The Labute approximate surface area is 137 Å². The molecule has 120 valence electrons. The van der Waals surface area contributed by atoms with Crippen LogP contribution in [0.25, 0.3) is 0 Å². The van der Waals surface area contributed by atoms with E-state index in [1.54, 1.807) is 0 Å². The first-order chi connectivity index (χ1) is 10.5. The van der Waals surface area contributed by atoms with Crippen LogP contribution >= 0.6 is 12.4 Å². The number of nitro benzene ring substituents is 1. The molecular formula is C14H13ClN4O4. The second-order valence-corrected chi connectivity index (χ2v) is 4.23. The molecule has 0 aliphatic carbocycles. The zero-order valence-corrected chi connectivity index (χ0v) is 12.5. The summed E-state index contributed by atoms with van der Waals surface area (Å²) >= 11 is 0. The number of para-hydroxylation sites is 2. The van der Waals surface area contributed by atoms with Gasteiger partial charge in [-0.2, -0.15) is 0 Å². The Kier molecular flexibility index (Phi) is 6.04. The highest BCUT2D eigenvalue weighted by Crippen LogP contribution is 2.26. The maximum absolute atomic E-state index is 12.0. The number of carbonyl (C=O) groups is 1. The van der Waals surface area contributed by atoms with Crippen molar-refractivity contribution in [2.45, 2.75) is 0 Å². The number of nitrogens with one attached hydrogen (secondary N) is 2. The molecule has 2 rings (SSSR count). The molecule has 0 aromatic heterocycles. The van der Waals surface area contributed by atoms with E-state index in [-0.39, 0.29) is 35.4 Å². The molecular weight excluding hydrogens is 324 g/mol. The van der Waals surface area contributed by atoms with Crippen molar-refractivity contribution < 1.29 is 14.5 Å². The fourth-order valence-corrected chi connectivity index (χ4v) is 1.70. The minimum atomic E-state index is -0.719. The minimum absolute atomic E-state index is 0. The van der Waals surface area contributed by atoms with Crippen LogP contribution in [-0.4, -0.2) is 16.9 Å². The van der Waals surface area contributed by atoms with Crippen molar-refractivity contribution in [1.82, 2.24) is 0 Å². The van der Waals surface area contributed by atoms with Crippen LogP contribution in [0.15, 0.2) is 48.5 Å². The molecule has 0 fully saturated rings. The maximum Gasteiger partial charge on any atom is 0.343 e. The Morgan fingerprint density at radius 3 is 2.35 bits per heavy atom. The zero-order chi connectivity index (χ0) is 16.1. The number of halogens is 1. The number of benzene rings is 2. The highest BCUT2D eigenvalue weighted by atomic mass is 35.5. The molecule has 0 saturated carbocycles. The van der Waals surface area contributed by atoms with E-state index >= 15 is 0 Å². The SMILES string of the molecule is Cl.N=C(N)Nc1ccc(C(=O)Oc2ccccc2[N+](=O)[O-])cc1. The minimum Gasteiger partial charge on any atom is -0.416 e. The summed E-state index contributed by atoms with van der Waals surface area (Å²) in [5.74, 6) is -1.07. The molecule has 0 radical (unpaired) electrons. The quantitative estimate of drug-likeness (QED) is 0.196. The molecule has 9 heteroatoms. The van der Waals surface area contributed by atoms with Crippen LogP contribution in [0, 0.1) is 15.5 Å². The molecule has 0 aliphatic heterocycles. The van der Waals surface area contributed by atoms with Crippen LogP contribution in [0.4, 0.5) is 11.4 Å². The zero-order valence-electron chi connectivity index (χ0n) is 11.7. The van der Waals surface area contributed by atoms with Crippen molar-refractivity contribution in [2.75, 3.05) is 5.32 Å². The fourth-order valence-electron chi connectivity index (χ4n) is 1.70. The first-order valence-corrected chi connectivity index (χ1v) is 6.14. The van der Waals surface area contributed by atoms with Gasteiger partial charge in [-0.25, -0.2) is 4.79 Å². The molecule has 0 atom stereocenters. The summed E-state index contributed by atoms with van der Waals surface area (Å²) in [4.78, 5) is 22.2. The Bertz CT molecular complexity index is 734. The van der Waals surface area contributed by atoms with E-state index in [0.717, 1.165) is 0 Å². The van der Waals surface area contributed by atoms with Gasteiger partial charge in [0.15, 0.2) is 5.96 Å². The molecule has 0 heterocycles. The lowest BCUT2D eigenvalue weighted by Gasteiger charge is -2.06. The number of rotatable bonds is 4. The molecule has 0 spiro atoms. The topological polar surface area (TPSA) is 131 Å². The molecule has 23 heavy (non-hydrogen) atoms. The van der Waals surface area contributed by atoms with Crippen LogP contribution in [0.3, 0.4) is 0 Å². The summed E-state index contributed by atoms with van der Waals surface area (Å²) in [6, 6.07) is 11.6. The Morgan fingerprint density at radius 2 is 1.78 bits per heavy atom. The maximum atomic E-state index is 12.0. The summed E-state index contributed by atoms with van der Waals surface area (Å²) in [6.45, 7) is 0. The van der Waals surface area contributed by atoms with Gasteiger partial charge in [-0.3, -0.25) is 15.5 Å². The van der Waals surface area contributed by atoms with Crippen LogP contribution in [0.2, 0.25) is 0 Å². The van der Waals surface area contributed by atoms with Gasteiger partial charge in [0.05, 0.1) is 10.5 Å². The van der Waals surface area contributed by atoms with Gasteiger partial charge in [-0.15, -0.1) is 12.4 Å². The van der Waals surface area contributed by atoms with Crippen molar-refractivity contribution >= 4 is 35.7 Å². The van der Waals surface area contributed by atoms with Gasteiger partial charge in [0.1, 0.15) is 0 Å². The summed E-state index contributed by atoms with van der Waals surface area (Å²) < 4.78 is 5.05. The third kappa shape index (κ3) is 4.68. The monoisotopic (exact) mass is 336 g/mol. The van der Waals surface area contributed by atoms with Gasteiger partial charge in [-0.05, 0) is 30.3 Å². The number of nitro groups is 1. The average Bonchev–Trinajstić information content (AvgIpc) is 2.47. The van der Waals surface area contributed by atoms with Crippen molar-refractivity contribution in [2.24, 2.45) is 5.73 Å². The highest BCUT2D eigenvalue weighted by Gasteiger charge is 2.17. The lowest BCUT2D eigenvalue weighted by molar-refractivity contribution is -0.385. The number of carbonyl (C=O) groups excluding carboxylic acids is 1. The molecule has 2 aromatic carbocycles. The van der Waals surface area contributed by atoms with Crippen LogP contribution in [0.5, 0.6) is 5.75 Å². The van der Waals surface area contributed by atoms with E-state index in [0.29, 0.717) is 5.69 Å². The lowest BCUT2D eigenvalue weighted by Crippen LogP contribution is -2.20. The van der Waals surface area contributed by atoms with E-state index in [1.807, 2.05) is 0 Å². The van der Waals surface area contributed by atoms with Gasteiger partial charge in [0.2, 0.25) is 5.75 Å². The number of hydrogen-bond acceptors (Lipinski definition) is 5. The Morgan fingerprint density at radius 1 is 1.17 bits per heavy atom. The second kappa shape index (κ2) is 7.76. The molecule has 0 bridgehead atoms. The fraction of sp³-hybridized carbons (Fsp3) is 0. The number of nitrogens with zero attached hydrogens (tertiary/aromatic N) is 1. The smallest absolute Gasteiger partial charge is 0.343 e. The molecule has 0 aliphatic rings. The first-order valence-electron chi connectivity index (χ1n) is 6.14. The predicted molar refractivity (Wildman–Crippen MR) is 87.3 cm³/mol. The van der Waals surface area contributed by atoms with E-state index in [9.17, 15) is 14.9 Å². The molecule has 2 aromatic rings. The molecule has 8 nitrogen and oxygen atoms in total. The Balaban J connectivity index is 0.00000264. The molecule has 0 unspecified atom stereocenters. The van der Waals surface area contributed by atoms with Gasteiger partial charge in [0.25, 0.3) is 0 Å². The number of esters is 1. The number of ether oxygens (including phenoxy) is 1. The summed E-state index contributed by atoms with van der Waals surface area (Å²) in [5, 5.41) is 20.5. The van der Waals surface area contributed by atoms with Gasteiger partial charge in [-0.1, -0.05) is 12.1 Å². The third-order valence-electron chi connectivity index (χ3n) is 2.66. The highest BCUT2D eigenvalue weighted by molar-refractivity contribution is 5.93. The third-order valence-corrected chi connectivity index (χ3v) is 2.66. The number of guanidine groups is 1. The first kappa shape index (κ1) is 17.9. The van der Waals surface area contributed by atoms with Crippen molar-refractivity contribution in [3.8, 4) is 5.75 Å². The standard InChI is InChI=1S/C14H12N4O4.ClH/c15-14(16)17-10-7-5-9(6-8-10)13(19)22-12-4-2-1-3-11(12)18(20)21;/h1-8H,(H4,15,16,17);1H. The van der Waals surface area contributed by atoms with Gasteiger partial charge >= 0.3 is 11.7 Å². The molecule has 0 amide bonds. The summed E-state index contributed by atoms with van der Waals surface area (Å²) in [5.41, 5.74) is 5.65. The normalized spacial score (nSPS) is 9.39. The second-order valence-electron chi connectivity index (χ2n) is 4.23. The van der Waals surface area contributed by atoms with Crippen LogP contribution < -0.4 is 15.8 Å². The van der Waals surface area contributed by atoms with E-state index in [4.69, 9.17) is 15.9 Å². The van der Waals surface area contributed by atoms with Crippen LogP contribution in [-0.2, 0) is 0 Å². The van der Waals surface area contributed by atoms with Crippen molar-refractivity contribution in [1.29, 1.82) is 5.41 Å². The van der Waals surface area contributed by atoms with Crippen molar-refractivity contribution in [3.05, 3.63) is 64.2 Å². The lowest BCUT2D eigenvalue weighted by atomic mass is 10.2. The Hall–Kier alpha value is -3.13. The number of nitrogens with two attached hydrogens (primary N) is 1. The summed E-state index contributed by atoms with van der Waals surface area (Å²) in [7, 11) is 0. The predicted octanol–water partition coefficient (Wildman–Crippen LogP) is 2.54. The van der Waals surface area contributed by atoms with Gasteiger partial charge in [0, 0.05) is 11.8 Å². The summed E-state index contributed by atoms with van der Waals surface area (Å²) in [6.07, 6.45) is 0. The van der Waals surface area contributed by atoms with E-state index in [2.05, 4.69) is 5.32 Å². The van der Waals surface area contributed by atoms with E-state index < -0.39 is 10.9 Å². The van der Waals surface area contributed by atoms with Gasteiger partial charge < -0.3 is 15.8 Å².